The molecule has 0 saturated carbocycles. The number of ether oxygens (including phenoxy) is 2. The van der Waals surface area contributed by atoms with Gasteiger partial charge >= 0.3 is 0 Å². The highest BCUT2D eigenvalue weighted by Crippen LogP contribution is 2.25. The average Bonchev–Trinajstić information content (AvgIpc) is 2.54. The summed E-state index contributed by atoms with van der Waals surface area (Å²) in [6.45, 7) is 2.35. The van der Waals surface area contributed by atoms with Crippen LogP contribution in [0.2, 0.25) is 0 Å². The summed E-state index contributed by atoms with van der Waals surface area (Å²) in [5.74, 6) is 0.0294. The van der Waals surface area contributed by atoms with Gasteiger partial charge in [-0.15, -0.1) is 0 Å². The molecular weight excluding hydrogens is 321 g/mol. The zero-order valence-corrected chi connectivity index (χ0v) is 13.7. The average molecular weight is 339 g/mol. The van der Waals surface area contributed by atoms with Gasteiger partial charge in [-0.25, -0.2) is 17.5 Å². The van der Waals surface area contributed by atoms with Crippen molar-refractivity contribution in [2.24, 2.45) is 0 Å². The fourth-order valence-electron chi connectivity index (χ4n) is 2.06. The van der Waals surface area contributed by atoms with Crippen LogP contribution in [0.5, 0.6) is 11.5 Å². The zero-order valence-electron chi connectivity index (χ0n) is 12.9. The number of para-hydroxylation sites is 1. The normalized spacial score (nSPS) is 11.3. The van der Waals surface area contributed by atoms with Gasteiger partial charge in [-0.1, -0.05) is 18.2 Å². The summed E-state index contributed by atoms with van der Waals surface area (Å²) in [5.41, 5.74) is 0.688. The molecule has 0 radical (unpaired) electrons. The van der Waals surface area contributed by atoms with Crippen LogP contribution in [0.4, 0.5) is 4.39 Å². The molecule has 23 heavy (non-hydrogen) atoms. The second kappa shape index (κ2) is 7.43. The minimum absolute atomic E-state index is 0.0260. The highest BCUT2D eigenvalue weighted by atomic mass is 32.2. The molecule has 2 aromatic carbocycles. The van der Waals surface area contributed by atoms with Crippen molar-refractivity contribution in [3.05, 3.63) is 53.8 Å². The molecule has 0 aliphatic heterocycles. The first-order chi connectivity index (χ1) is 11.0. The van der Waals surface area contributed by atoms with Crippen LogP contribution < -0.4 is 14.2 Å². The number of hydrogen-bond acceptors (Lipinski definition) is 4. The van der Waals surface area contributed by atoms with Crippen LogP contribution in [-0.2, 0) is 16.6 Å². The SMILES string of the molecule is CCOc1ccccc1CNS(=O)(=O)c1cc(F)ccc1OC. The van der Waals surface area contributed by atoms with E-state index in [9.17, 15) is 12.8 Å². The summed E-state index contributed by atoms with van der Waals surface area (Å²) < 4.78 is 51.1. The van der Waals surface area contributed by atoms with E-state index in [1.807, 2.05) is 6.92 Å². The Morgan fingerprint density at radius 2 is 1.87 bits per heavy atom. The molecule has 0 aromatic heterocycles. The predicted molar refractivity (Wildman–Crippen MR) is 84.6 cm³/mol. The third-order valence-corrected chi connectivity index (χ3v) is 4.56. The van der Waals surface area contributed by atoms with Crippen molar-refractivity contribution in [1.29, 1.82) is 0 Å². The Hall–Kier alpha value is -2.12. The summed E-state index contributed by atoms with van der Waals surface area (Å²) in [6.07, 6.45) is 0. The van der Waals surface area contributed by atoms with Gasteiger partial charge in [0.15, 0.2) is 0 Å². The maximum absolute atomic E-state index is 13.4. The molecule has 2 aromatic rings. The number of benzene rings is 2. The molecule has 124 valence electrons. The molecule has 0 amide bonds. The van der Waals surface area contributed by atoms with Gasteiger partial charge < -0.3 is 9.47 Å². The van der Waals surface area contributed by atoms with Crippen molar-refractivity contribution in [2.75, 3.05) is 13.7 Å². The van der Waals surface area contributed by atoms with E-state index in [1.165, 1.54) is 13.2 Å². The summed E-state index contributed by atoms with van der Waals surface area (Å²) >= 11 is 0. The van der Waals surface area contributed by atoms with Crippen LogP contribution in [0.25, 0.3) is 0 Å². The van der Waals surface area contributed by atoms with Gasteiger partial charge in [0.1, 0.15) is 22.2 Å². The van der Waals surface area contributed by atoms with Crippen molar-refractivity contribution in [2.45, 2.75) is 18.4 Å². The minimum atomic E-state index is -3.93. The Morgan fingerprint density at radius 3 is 2.57 bits per heavy atom. The lowest BCUT2D eigenvalue weighted by Gasteiger charge is -2.13. The Labute approximate surface area is 135 Å². The van der Waals surface area contributed by atoms with Crippen LogP contribution in [0.1, 0.15) is 12.5 Å². The van der Waals surface area contributed by atoms with E-state index in [0.29, 0.717) is 17.9 Å². The van der Waals surface area contributed by atoms with Gasteiger partial charge in [-0.2, -0.15) is 0 Å². The molecule has 0 fully saturated rings. The lowest BCUT2D eigenvalue weighted by molar-refractivity contribution is 0.336. The first-order valence-electron chi connectivity index (χ1n) is 7.02. The molecule has 0 atom stereocenters. The van der Waals surface area contributed by atoms with Crippen LogP contribution in [0, 0.1) is 5.82 Å². The van der Waals surface area contributed by atoms with Gasteiger partial charge in [0, 0.05) is 12.1 Å². The molecule has 5 nitrogen and oxygen atoms in total. The Morgan fingerprint density at radius 1 is 1.13 bits per heavy atom. The highest BCUT2D eigenvalue weighted by molar-refractivity contribution is 7.89. The van der Waals surface area contributed by atoms with E-state index in [0.717, 1.165) is 12.1 Å². The molecular formula is C16H18FNO4S. The summed E-state index contributed by atoms with van der Waals surface area (Å²) in [7, 11) is -2.60. The monoisotopic (exact) mass is 339 g/mol. The van der Waals surface area contributed by atoms with Gasteiger partial charge in [-0.3, -0.25) is 0 Å². The van der Waals surface area contributed by atoms with E-state index in [1.54, 1.807) is 24.3 Å². The molecule has 0 bridgehead atoms. The maximum atomic E-state index is 13.4. The molecule has 7 heteroatoms. The summed E-state index contributed by atoms with van der Waals surface area (Å²) in [5, 5.41) is 0. The molecule has 0 aliphatic rings. The number of rotatable bonds is 7. The molecule has 0 unspecified atom stereocenters. The molecule has 2 rings (SSSR count). The Kier molecular flexibility index (Phi) is 5.57. The van der Waals surface area contributed by atoms with Crippen molar-refractivity contribution in [1.82, 2.24) is 4.72 Å². The maximum Gasteiger partial charge on any atom is 0.244 e. The van der Waals surface area contributed by atoms with E-state index < -0.39 is 15.8 Å². The quantitative estimate of drug-likeness (QED) is 0.842. The third kappa shape index (κ3) is 4.20. The van der Waals surface area contributed by atoms with Crippen molar-refractivity contribution in [3.63, 3.8) is 0 Å². The fraction of sp³-hybridized carbons (Fsp3) is 0.250. The van der Waals surface area contributed by atoms with Crippen LogP contribution in [0.3, 0.4) is 0 Å². The molecule has 1 N–H and O–H groups in total. The van der Waals surface area contributed by atoms with Crippen molar-refractivity contribution < 1.29 is 22.3 Å². The second-order valence-electron chi connectivity index (χ2n) is 4.66. The van der Waals surface area contributed by atoms with E-state index >= 15 is 0 Å². The second-order valence-corrected chi connectivity index (χ2v) is 6.40. The van der Waals surface area contributed by atoms with E-state index in [2.05, 4.69) is 4.72 Å². The Bertz CT molecular complexity index is 777. The minimum Gasteiger partial charge on any atom is -0.495 e. The molecule has 0 saturated heterocycles. The zero-order chi connectivity index (χ0) is 16.9. The third-order valence-electron chi connectivity index (χ3n) is 3.14. The molecule has 0 spiro atoms. The van der Waals surface area contributed by atoms with E-state index in [-0.39, 0.29) is 17.2 Å². The lowest BCUT2D eigenvalue weighted by atomic mass is 10.2. The lowest BCUT2D eigenvalue weighted by Crippen LogP contribution is -2.24. The van der Waals surface area contributed by atoms with Crippen LogP contribution in [0.15, 0.2) is 47.4 Å². The van der Waals surface area contributed by atoms with E-state index in [4.69, 9.17) is 9.47 Å². The standard InChI is InChI=1S/C16H18FNO4S/c1-3-22-14-7-5-4-6-12(14)11-18-23(19,20)16-10-13(17)8-9-15(16)21-2/h4-10,18H,3,11H2,1-2H3. The molecule has 0 heterocycles. The van der Waals surface area contributed by atoms with Gasteiger partial charge in [-0.05, 0) is 31.2 Å². The van der Waals surface area contributed by atoms with Gasteiger partial charge in [0.2, 0.25) is 10.0 Å². The smallest absolute Gasteiger partial charge is 0.244 e. The molecule has 0 aliphatic carbocycles. The summed E-state index contributed by atoms with van der Waals surface area (Å²) in [6, 6.07) is 10.5. The van der Waals surface area contributed by atoms with Crippen LogP contribution >= 0.6 is 0 Å². The first-order valence-corrected chi connectivity index (χ1v) is 8.50. The largest absolute Gasteiger partial charge is 0.495 e. The first kappa shape index (κ1) is 17.2. The number of hydrogen-bond donors (Lipinski definition) is 1. The number of halogens is 1. The highest BCUT2D eigenvalue weighted by Gasteiger charge is 2.20. The van der Waals surface area contributed by atoms with Crippen molar-refractivity contribution >= 4 is 10.0 Å². The van der Waals surface area contributed by atoms with Gasteiger partial charge in [0.05, 0.1) is 13.7 Å². The number of methoxy groups -OCH3 is 1. The predicted octanol–water partition coefficient (Wildman–Crippen LogP) is 2.71. The number of nitrogens with one attached hydrogen (secondary N) is 1. The number of sulfonamides is 1. The van der Waals surface area contributed by atoms with Crippen LogP contribution in [-0.4, -0.2) is 22.1 Å². The summed E-state index contributed by atoms with van der Waals surface area (Å²) in [4.78, 5) is -0.242. The fourth-order valence-corrected chi connectivity index (χ4v) is 3.24. The van der Waals surface area contributed by atoms with Gasteiger partial charge in [0.25, 0.3) is 0 Å². The Balaban J connectivity index is 2.25. The van der Waals surface area contributed by atoms with Crippen molar-refractivity contribution in [3.8, 4) is 11.5 Å². The topological polar surface area (TPSA) is 64.6 Å².